The van der Waals surface area contributed by atoms with Gasteiger partial charge in [0.05, 0.1) is 34.7 Å². The Morgan fingerprint density at radius 2 is 0.743 bits per heavy atom. The van der Waals surface area contributed by atoms with E-state index in [9.17, 15) is 5.48 Å². The molecule has 0 saturated carbocycles. The molecule has 0 saturated heterocycles. The summed E-state index contributed by atoms with van der Waals surface area (Å²) in [6.07, 6.45) is 0. The van der Waals surface area contributed by atoms with E-state index in [1.807, 2.05) is 6.07 Å². The average Bonchev–Trinajstić information content (AvgIpc) is 1.42. The first kappa shape index (κ1) is 55.6. The predicted octanol–water partition coefficient (Wildman–Crippen LogP) is 24.5. The van der Waals surface area contributed by atoms with Gasteiger partial charge < -0.3 is 14.4 Å². The third-order valence-corrected chi connectivity index (χ3v) is 22.8. The maximum Gasteiger partial charge on any atom is 0.252 e. The van der Waals surface area contributed by atoms with Gasteiger partial charge in [0.1, 0.15) is 0 Å². The van der Waals surface area contributed by atoms with Gasteiger partial charge in [-0.25, -0.2) is 0 Å². The molecular formula is C101H70BN3. The lowest BCUT2D eigenvalue weighted by molar-refractivity contribution is 0.591. The number of nitrogens with zero attached hydrogens (tertiary/aromatic N) is 3. The summed E-state index contributed by atoms with van der Waals surface area (Å²) < 4.78 is 49.2. The largest absolute Gasteiger partial charge is 0.310 e. The van der Waals surface area contributed by atoms with Gasteiger partial charge >= 0.3 is 0 Å². The van der Waals surface area contributed by atoms with Gasteiger partial charge in [-0.1, -0.05) is 336 Å². The summed E-state index contributed by atoms with van der Waals surface area (Å²) in [5.41, 5.74) is 33.0. The third kappa shape index (κ3) is 9.06. The predicted molar refractivity (Wildman–Crippen MR) is 442 cm³/mol. The molecule has 4 aliphatic rings. The molecule has 2 aliphatic heterocycles. The molecule has 0 N–H and O–H groups in total. The minimum atomic E-state index is -0.731. The first-order valence-electron chi connectivity index (χ1n) is 38.9. The fraction of sp³-hybridized carbons (Fsp3) is 0.0495. The number of benzene rings is 16. The number of aromatic nitrogens is 1. The van der Waals surface area contributed by atoms with E-state index >= 15 is 0 Å². The van der Waals surface area contributed by atoms with Crippen LogP contribution in [0.15, 0.2) is 370 Å². The normalized spacial score (nSPS) is 14.0. The van der Waals surface area contributed by atoms with E-state index in [0.29, 0.717) is 5.56 Å². The van der Waals surface area contributed by atoms with Gasteiger partial charge in [0.25, 0.3) is 6.71 Å². The molecule has 17 aromatic rings. The Morgan fingerprint density at radius 3 is 1.28 bits per heavy atom. The molecule has 21 rings (SSSR count). The standard InChI is InChI=1S/C101H70BN3/c1-100(2,3)72-62-83(68-37-15-7-16-38-68)99(84(63-72)69-39-17-8-18-40-69)105-93-64-73(103-90-53-27-22-44-80(90)81-45-23-28-54-91(81)103)56-57-88(93)102-89-59-70(65-31-9-4-10-32-65)55-58-92(89)104(98-75(66-33-11-5-12-34-66)47-30-48-76(98)67-35-13-6-14-36-67)94-60-71(61-95(105)97(94)102)74-46-29-49-82-79-43-21-26-52-87(79)101(96(74)82)85-50-24-19-41-77(85)78-42-20-25-51-86(78)101/h4-64H,1-3H3/i4D,9D,10D,31D,32D. The minimum Gasteiger partial charge on any atom is -0.310 e. The molecule has 492 valence electrons. The zero-order valence-corrected chi connectivity index (χ0v) is 58.3. The van der Waals surface area contributed by atoms with Crippen molar-refractivity contribution < 1.29 is 6.85 Å². The number of hydrogen-bond acceptors (Lipinski definition) is 2. The summed E-state index contributed by atoms with van der Waals surface area (Å²) in [6.45, 7) is 6.40. The Bertz CT molecular complexity index is 6460. The van der Waals surface area contributed by atoms with E-state index in [1.165, 1.54) is 50.1 Å². The Morgan fingerprint density at radius 1 is 0.305 bits per heavy atom. The molecule has 16 aromatic carbocycles. The highest BCUT2D eigenvalue weighted by Gasteiger charge is 2.53. The molecule has 0 bridgehead atoms. The highest BCUT2D eigenvalue weighted by Crippen LogP contribution is 2.65. The van der Waals surface area contributed by atoms with Gasteiger partial charge in [-0.3, -0.25) is 0 Å². The van der Waals surface area contributed by atoms with Crippen LogP contribution in [0, 0.1) is 0 Å². The van der Waals surface area contributed by atoms with Crippen LogP contribution in [-0.4, -0.2) is 11.3 Å². The van der Waals surface area contributed by atoms with Crippen molar-refractivity contribution in [1.29, 1.82) is 0 Å². The summed E-state index contributed by atoms with van der Waals surface area (Å²) in [5.74, 6) is 0. The molecule has 0 amide bonds. The van der Waals surface area contributed by atoms with Crippen molar-refractivity contribution in [2.75, 3.05) is 9.80 Å². The number of para-hydroxylation sites is 3. The summed E-state index contributed by atoms with van der Waals surface area (Å²) in [6, 6.07) is 123. The van der Waals surface area contributed by atoms with E-state index in [1.54, 1.807) is 0 Å². The highest BCUT2D eigenvalue weighted by atomic mass is 15.2. The van der Waals surface area contributed by atoms with Crippen LogP contribution < -0.4 is 26.2 Å². The van der Waals surface area contributed by atoms with Crippen molar-refractivity contribution >= 4 is 79.0 Å². The first-order valence-corrected chi connectivity index (χ1v) is 36.4. The monoisotopic (exact) mass is 1340 g/mol. The lowest BCUT2D eigenvalue weighted by Gasteiger charge is -2.46. The number of anilines is 6. The van der Waals surface area contributed by atoms with Crippen LogP contribution in [0.5, 0.6) is 0 Å². The topological polar surface area (TPSA) is 11.4 Å². The zero-order valence-electron chi connectivity index (χ0n) is 63.3. The summed E-state index contributed by atoms with van der Waals surface area (Å²) in [7, 11) is 0. The number of fused-ring (bicyclic) bond motifs is 17. The molecule has 0 fully saturated rings. The van der Waals surface area contributed by atoms with Crippen LogP contribution in [0.3, 0.4) is 0 Å². The highest BCUT2D eigenvalue weighted by molar-refractivity contribution is 7.00. The molecule has 3 nitrogen and oxygen atoms in total. The fourth-order valence-corrected chi connectivity index (χ4v) is 18.4. The molecule has 3 heterocycles. The Balaban J connectivity index is 0.982. The van der Waals surface area contributed by atoms with Crippen molar-refractivity contribution in [3.05, 3.63) is 398 Å². The van der Waals surface area contributed by atoms with Gasteiger partial charge in [-0.15, -0.1) is 0 Å². The molecule has 2 aliphatic carbocycles. The quantitative estimate of drug-likeness (QED) is 0.133. The lowest BCUT2D eigenvalue weighted by atomic mass is 9.33. The summed E-state index contributed by atoms with van der Waals surface area (Å²) in [4.78, 5) is 5.17. The Kier molecular flexibility index (Phi) is 12.5. The number of hydrogen-bond donors (Lipinski definition) is 0. The maximum absolute atomic E-state index is 9.72. The van der Waals surface area contributed by atoms with Gasteiger partial charge in [-0.05, 0) is 171 Å². The average molecular weight is 1340 g/mol. The molecular weight excluding hydrogens is 1270 g/mol. The van der Waals surface area contributed by atoms with E-state index in [-0.39, 0.29) is 35.1 Å². The lowest BCUT2D eigenvalue weighted by Crippen LogP contribution is -2.61. The first-order chi connectivity index (χ1) is 53.8. The summed E-state index contributed by atoms with van der Waals surface area (Å²) in [5, 5.41) is 2.31. The molecule has 105 heavy (non-hydrogen) atoms. The van der Waals surface area contributed by atoms with Crippen LogP contribution in [-0.2, 0) is 10.8 Å². The van der Waals surface area contributed by atoms with Crippen molar-refractivity contribution in [3.63, 3.8) is 0 Å². The smallest absolute Gasteiger partial charge is 0.252 e. The Labute approximate surface area is 620 Å². The fourth-order valence-electron chi connectivity index (χ4n) is 18.4. The van der Waals surface area contributed by atoms with Crippen molar-refractivity contribution in [2.24, 2.45) is 0 Å². The second-order valence-electron chi connectivity index (χ2n) is 29.4. The van der Waals surface area contributed by atoms with Crippen molar-refractivity contribution in [2.45, 2.75) is 31.6 Å². The van der Waals surface area contributed by atoms with Gasteiger partial charge in [-0.2, -0.15) is 0 Å². The van der Waals surface area contributed by atoms with E-state index in [0.717, 1.165) is 134 Å². The zero-order chi connectivity index (χ0) is 74.0. The molecule has 1 spiro atoms. The van der Waals surface area contributed by atoms with Crippen LogP contribution in [0.25, 0.3) is 117 Å². The van der Waals surface area contributed by atoms with Crippen LogP contribution in [0.1, 0.15) is 55.4 Å². The molecule has 0 unspecified atom stereocenters. The molecule has 4 heteroatoms. The minimum absolute atomic E-state index is 0.141. The van der Waals surface area contributed by atoms with Gasteiger partial charge in [0.15, 0.2) is 0 Å². The van der Waals surface area contributed by atoms with Gasteiger partial charge in [0.2, 0.25) is 0 Å². The molecule has 0 radical (unpaired) electrons. The second kappa shape index (κ2) is 23.5. The SMILES string of the molecule is [2H]c1c([2H])c([2H])c(-c2ccc3c(c2)B2c4ccc(-n5c6ccccc6c6ccccc65)cc4N(c4c(-c5ccccc5)cc(C(C)(C)C)cc4-c4ccccc4)c4cc(-c5cccc6c5C5(c7ccccc7-c7ccccc75)c5ccccc5-6)cc(c42)N3c2c(-c3ccccc3)cccc2-c2ccccc2)c([2H])c1[2H]. The van der Waals surface area contributed by atoms with E-state index < -0.39 is 18.2 Å². The Hall–Kier alpha value is -13.0. The van der Waals surface area contributed by atoms with E-state index in [2.05, 4.69) is 369 Å². The third-order valence-electron chi connectivity index (χ3n) is 22.8. The van der Waals surface area contributed by atoms with Gasteiger partial charge in [0, 0.05) is 61.5 Å². The maximum atomic E-state index is 9.72. The van der Waals surface area contributed by atoms with Crippen molar-refractivity contribution in [1.82, 2.24) is 4.57 Å². The molecule has 1 aromatic heterocycles. The summed E-state index contributed by atoms with van der Waals surface area (Å²) >= 11 is 0. The number of rotatable bonds is 9. The van der Waals surface area contributed by atoms with Crippen LogP contribution in [0.4, 0.5) is 34.1 Å². The molecule has 0 atom stereocenters. The van der Waals surface area contributed by atoms with Crippen LogP contribution in [0.2, 0.25) is 0 Å². The van der Waals surface area contributed by atoms with E-state index in [4.69, 9.17) is 1.37 Å². The van der Waals surface area contributed by atoms with Crippen molar-refractivity contribution in [3.8, 4) is 94.7 Å². The second-order valence-corrected chi connectivity index (χ2v) is 29.4. The van der Waals surface area contributed by atoms with Crippen LogP contribution >= 0.6 is 0 Å².